The van der Waals surface area contributed by atoms with Crippen LogP contribution in [0.3, 0.4) is 0 Å². The van der Waals surface area contributed by atoms with E-state index in [1.54, 1.807) is 0 Å². The maximum atomic E-state index is 4.29. The van der Waals surface area contributed by atoms with Gasteiger partial charge in [0, 0.05) is 36.8 Å². The number of aromatic nitrogens is 1. The second kappa shape index (κ2) is 6.26. The molecule has 0 amide bonds. The van der Waals surface area contributed by atoms with Crippen LogP contribution in [0, 0.1) is 0 Å². The molecule has 1 aliphatic rings. The lowest BCUT2D eigenvalue weighted by Gasteiger charge is -2.36. The predicted molar refractivity (Wildman–Crippen MR) is 75.8 cm³/mol. The Bertz CT molecular complexity index is 356. The highest BCUT2D eigenvalue weighted by Crippen LogP contribution is 2.26. The quantitative estimate of drug-likeness (QED) is 0.887. The third kappa shape index (κ3) is 3.13. The van der Waals surface area contributed by atoms with Crippen LogP contribution in [0.25, 0.3) is 0 Å². The van der Waals surface area contributed by atoms with Crippen LogP contribution >= 0.6 is 11.8 Å². The van der Waals surface area contributed by atoms with Gasteiger partial charge in [-0.1, -0.05) is 6.92 Å². The summed E-state index contributed by atoms with van der Waals surface area (Å²) in [5, 5.41) is 3.40. The molecule has 94 valence electrons. The summed E-state index contributed by atoms with van der Waals surface area (Å²) in [6.07, 6.45) is 3.90. The molecule has 1 aliphatic heterocycles. The molecule has 0 aromatic carbocycles. The van der Waals surface area contributed by atoms with Crippen molar-refractivity contribution in [1.82, 2.24) is 10.3 Å². The molecule has 1 aromatic rings. The summed E-state index contributed by atoms with van der Waals surface area (Å²) in [6.45, 7) is 7.52. The van der Waals surface area contributed by atoms with Crippen molar-refractivity contribution in [3.8, 4) is 0 Å². The largest absolute Gasteiger partial charge is 0.366 e. The molecule has 1 unspecified atom stereocenters. The summed E-state index contributed by atoms with van der Waals surface area (Å²) >= 11 is 2.05. The Balaban J connectivity index is 2.17. The van der Waals surface area contributed by atoms with Gasteiger partial charge in [-0.15, -0.1) is 0 Å². The fourth-order valence-corrected chi connectivity index (χ4v) is 3.18. The van der Waals surface area contributed by atoms with Gasteiger partial charge in [0.1, 0.15) is 0 Å². The van der Waals surface area contributed by atoms with Crippen molar-refractivity contribution in [3.63, 3.8) is 0 Å². The second-order valence-corrected chi connectivity index (χ2v) is 5.55. The summed E-state index contributed by atoms with van der Waals surface area (Å²) in [7, 11) is 0. The first kappa shape index (κ1) is 12.7. The Morgan fingerprint density at radius 1 is 1.59 bits per heavy atom. The number of anilines is 1. The van der Waals surface area contributed by atoms with E-state index in [2.05, 4.69) is 35.1 Å². The van der Waals surface area contributed by atoms with Crippen molar-refractivity contribution >= 4 is 17.4 Å². The highest BCUT2D eigenvalue weighted by atomic mass is 32.2. The van der Waals surface area contributed by atoms with Gasteiger partial charge in [-0.25, -0.2) is 0 Å². The molecule has 0 spiro atoms. The van der Waals surface area contributed by atoms with Crippen LogP contribution in [-0.4, -0.2) is 35.6 Å². The van der Waals surface area contributed by atoms with E-state index in [1.165, 1.54) is 22.8 Å². The van der Waals surface area contributed by atoms with Gasteiger partial charge >= 0.3 is 0 Å². The van der Waals surface area contributed by atoms with Crippen molar-refractivity contribution in [1.29, 1.82) is 0 Å². The van der Waals surface area contributed by atoms with Crippen molar-refractivity contribution in [2.45, 2.75) is 26.4 Å². The Labute approximate surface area is 108 Å². The Morgan fingerprint density at radius 2 is 2.47 bits per heavy atom. The number of hydrogen-bond acceptors (Lipinski definition) is 4. The first-order chi connectivity index (χ1) is 8.33. The molecule has 17 heavy (non-hydrogen) atoms. The number of pyridine rings is 1. The predicted octanol–water partition coefficient (Wildman–Crippen LogP) is 2.13. The molecule has 1 saturated heterocycles. The van der Waals surface area contributed by atoms with E-state index in [4.69, 9.17) is 0 Å². The van der Waals surface area contributed by atoms with Gasteiger partial charge in [-0.3, -0.25) is 4.98 Å². The maximum Gasteiger partial charge on any atom is 0.0601 e. The van der Waals surface area contributed by atoms with Crippen LogP contribution in [0.4, 0.5) is 5.69 Å². The lowest BCUT2D eigenvalue weighted by molar-refractivity contribution is 0.679. The summed E-state index contributed by atoms with van der Waals surface area (Å²) in [6, 6.07) is 2.74. The van der Waals surface area contributed by atoms with Gasteiger partial charge in [-0.2, -0.15) is 11.8 Å². The number of rotatable bonds is 4. The van der Waals surface area contributed by atoms with Gasteiger partial charge in [0.05, 0.1) is 11.9 Å². The molecule has 1 N–H and O–H groups in total. The zero-order chi connectivity index (χ0) is 12.1. The highest BCUT2D eigenvalue weighted by Gasteiger charge is 2.20. The van der Waals surface area contributed by atoms with Crippen molar-refractivity contribution in [3.05, 3.63) is 24.0 Å². The molecule has 1 fully saturated rings. The van der Waals surface area contributed by atoms with E-state index in [0.29, 0.717) is 6.04 Å². The number of thioether (sulfide) groups is 1. The van der Waals surface area contributed by atoms with Crippen LogP contribution in [0.5, 0.6) is 0 Å². The number of nitrogens with zero attached hydrogens (tertiary/aromatic N) is 2. The first-order valence-corrected chi connectivity index (χ1v) is 7.46. The van der Waals surface area contributed by atoms with Gasteiger partial charge in [0.25, 0.3) is 0 Å². The van der Waals surface area contributed by atoms with E-state index in [-0.39, 0.29) is 0 Å². The molecule has 1 atom stereocenters. The van der Waals surface area contributed by atoms with E-state index < -0.39 is 0 Å². The standard InChI is InChI=1S/C13H21N3S/c1-3-14-8-12-4-5-15-9-13(12)16-6-7-17-10-11(16)2/h4-5,9,11,14H,3,6-8,10H2,1-2H3. The maximum absolute atomic E-state index is 4.29. The zero-order valence-corrected chi connectivity index (χ0v) is 11.5. The molecule has 0 aliphatic carbocycles. The molecular formula is C13H21N3S. The third-order valence-corrected chi connectivity index (χ3v) is 4.32. The van der Waals surface area contributed by atoms with E-state index >= 15 is 0 Å². The number of nitrogens with one attached hydrogen (secondary N) is 1. The smallest absolute Gasteiger partial charge is 0.0601 e. The minimum absolute atomic E-state index is 0.610. The molecule has 0 bridgehead atoms. The molecule has 0 saturated carbocycles. The Morgan fingerprint density at radius 3 is 3.24 bits per heavy atom. The minimum atomic E-state index is 0.610. The van der Waals surface area contributed by atoms with Crippen LogP contribution in [-0.2, 0) is 6.54 Å². The highest BCUT2D eigenvalue weighted by molar-refractivity contribution is 7.99. The van der Waals surface area contributed by atoms with Crippen LogP contribution in [0.15, 0.2) is 18.5 Å². The second-order valence-electron chi connectivity index (χ2n) is 4.40. The van der Waals surface area contributed by atoms with Crippen molar-refractivity contribution in [2.75, 3.05) is 29.5 Å². The summed E-state index contributed by atoms with van der Waals surface area (Å²) in [4.78, 5) is 6.78. The topological polar surface area (TPSA) is 28.2 Å². The van der Waals surface area contributed by atoms with Crippen molar-refractivity contribution < 1.29 is 0 Å². The van der Waals surface area contributed by atoms with E-state index in [1.807, 2.05) is 24.2 Å². The van der Waals surface area contributed by atoms with Gasteiger partial charge in [0.15, 0.2) is 0 Å². The molecule has 0 radical (unpaired) electrons. The van der Waals surface area contributed by atoms with Gasteiger partial charge < -0.3 is 10.2 Å². The van der Waals surface area contributed by atoms with Crippen LogP contribution in [0.2, 0.25) is 0 Å². The van der Waals surface area contributed by atoms with Gasteiger partial charge in [-0.05, 0) is 25.1 Å². The third-order valence-electron chi connectivity index (χ3n) is 3.13. The summed E-state index contributed by atoms with van der Waals surface area (Å²) in [5.74, 6) is 2.44. The molecule has 3 nitrogen and oxygen atoms in total. The van der Waals surface area contributed by atoms with E-state index in [9.17, 15) is 0 Å². The lowest BCUT2D eigenvalue weighted by atomic mass is 10.1. The van der Waals surface area contributed by atoms with Crippen LogP contribution < -0.4 is 10.2 Å². The first-order valence-electron chi connectivity index (χ1n) is 6.31. The molecule has 2 rings (SSSR count). The van der Waals surface area contributed by atoms with Crippen molar-refractivity contribution in [2.24, 2.45) is 0 Å². The Hall–Kier alpha value is -0.740. The average molecular weight is 251 g/mol. The number of hydrogen-bond donors (Lipinski definition) is 1. The van der Waals surface area contributed by atoms with Crippen LogP contribution in [0.1, 0.15) is 19.4 Å². The lowest BCUT2D eigenvalue weighted by Crippen LogP contribution is -2.41. The fraction of sp³-hybridized carbons (Fsp3) is 0.615. The normalized spacial score (nSPS) is 20.6. The summed E-state index contributed by atoms with van der Waals surface area (Å²) in [5.41, 5.74) is 2.67. The zero-order valence-electron chi connectivity index (χ0n) is 10.6. The minimum Gasteiger partial charge on any atom is -0.366 e. The SMILES string of the molecule is CCNCc1ccncc1N1CCSCC1C. The summed E-state index contributed by atoms with van der Waals surface area (Å²) < 4.78 is 0. The molecule has 2 heterocycles. The van der Waals surface area contributed by atoms with Gasteiger partial charge in [0.2, 0.25) is 0 Å². The average Bonchev–Trinajstić information content (AvgIpc) is 2.37. The fourth-order valence-electron chi connectivity index (χ4n) is 2.17. The molecular weight excluding hydrogens is 230 g/mol. The van der Waals surface area contributed by atoms with E-state index in [0.717, 1.165) is 19.6 Å². The Kier molecular flexibility index (Phi) is 4.68. The molecule has 1 aromatic heterocycles. The molecule has 4 heteroatoms. The monoisotopic (exact) mass is 251 g/mol.